The van der Waals surface area contributed by atoms with Crippen LogP contribution < -0.4 is 0 Å². The molecule has 1 amide bonds. The van der Waals surface area contributed by atoms with Crippen molar-refractivity contribution in [3.05, 3.63) is 17.0 Å². The number of carbonyl (C=O) groups is 1. The highest BCUT2D eigenvalue weighted by atomic mass is 16.5. The van der Waals surface area contributed by atoms with E-state index in [2.05, 4.69) is 10.00 Å². The Morgan fingerprint density at radius 1 is 1.27 bits per heavy atom. The molecule has 146 valence electrons. The summed E-state index contributed by atoms with van der Waals surface area (Å²) in [6, 6.07) is 0. The number of amides is 1. The molecule has 0 spiro atoms. The molecule has 1 N–H and O–H groups in total. The number of β-amino-alcohol motifs (C(OH)–C–C–N with tert-alkyl or cyclic N) is 1. The van der Waals surface area contributed by atoms with E-state index >= 15 is 0 Å². The van der Waals surface area contributed by atoms with Crippen LogP contribution in [0.4, 0.5) is 0 Å². The van der Waals surface area contributed by atoms with E-state index in [4.69, 9.17) is 4.74 Å². The predicted molar refractivity (Wildman–Crippen MR) is 99.0 cm³/mol. The molecule has 3 rings (SSSR count). The molecular formula is C19H32N4O3. The van der Waals surface area contributed by atoms with Gasteiger partial charge in [-0.05, 0) is 51.8 Å². The summed E-state index contributed by atoms with van der Waals surface area (Å²) in [5.41, 5.74) is 2.28. The maximum Gasteiger partial charge on any atom is 0.223 e. The van der Waals surface area contributed by atoms with Gasteiger partial charge in [0.1, 0.15) is 5.60 Å². The number of aromatic nitrogens is 2. The van der Waals surface area contributed by atoms with E-state index in [0.717, 1.165) is 30.0 Å². The lowest BCUT2D eigenvalue weighted by atomic mass is 10.0. The van der Waals surface area contributed by atoms with E-state index in [1.807, 2.05) is 25.6 Å². The van der Waals surface area contributed by atoms with E-state index in [0.29, 0.717) is 45.7 Å². The van der Waals surface area contributed by atoms with Gasteiger partial charge >= 0.3 is 0 Å². The van der Waals surface area contributed by atoms with Gasteiger partial charge in [-0.1, -0.05) is 0 Å². The second-order valence-electron chi connectivity index (χ2n) is 7.85. The average Bonchev–Trinajstić information content (AvgIpc) is 3.11. The predicted octanol–water partition coefficient (Wildman–Crippen LogP) is 0.655. The summed E-state index contributed by atoms with van der Waals surface area (Å²) in [5.74, 6) is 0.0815. The first kappa shape index (κ1) is 19.3. The lowest BCUT2D eigenvalue weighted by Crippen LogP contribution is -2.53. The quantitative estimate of drug-likeness (QED) is 0.831. The second kappa shape index (κ2) is 8.06. The summed E-state index contributed by atoms with van der Waals surface area (Å²) in [4.78, 5) is 16.9. The fraction of sp³-hybridized carbons (Fsp3) is 0.789. The van der Waals surface area contributed by atoms with Gasteiger partial charge in [-0.25, -0.2) is 0 Å². The summed E-state index contributed by atoms with van der Waals surface area (Å²) in [6.45, 7) is 8.34. The van der Waals surface area contributed by atoms with Crippen molar-refractivity contribution in [3.63, 3.8) is 0 Å². The van der Waals surface area contributed by atoms with Crippen LogP contribution >= 0.6 is 0 Å². The van der Waals surface area contributed by atoms with Gasteiger partial charge in [0.25, 0.3) is 0 Å². The number of aryl methyl sites for hydroxylation is 2. The topological polar surface area (TPSA) is 70.8 Å². The Morgan fingerprint density at radius 2 is 2.00 bits per heavy atom. The standard InChI is InChI=1S/C19H32N4O3/c1-15-17(16(2)21(3)20-15)6-7-18(24)23-10-11-26-14-19(25,13-23)12-22-8-4-5-9-22/h25H,4-14H2,1-3H3/t19-/m1/s1. The summed E-state index contributed by atoms with van der Waals surface area (Å²) in [7, 11) is 1.93. The Kier molecular flexibility index (Phi) is 5.99. The van der Waals surface area contributed by atoms with Crippen LogP contribution in [0, 0.1) is 13.8 Å². The third kappa shape index (κ3) is 4.45. The fourth-order valence-corrected chi connectivity index (χ4v) is 4.15. The van der Waals surface area contributed by atoms with Gasteiger partial charge in [0.15, 0.2) is 0 Å². The summed E-state index contributed by atoms with van der Waals surface area (Å²) in [6.07, 6.45) is 3.49. The monoisotopic (exact) mass is 364 g/mol. The van der Waals surface area contributed by atoms with Gasteiger partial charge in [-0.2, -0.15) is 5.10 Å². The lowest BCUT2D eigenvalue weighted by molar-refractivity contribution is -0.134. The number of nitrogens with zero attached hydrogens (tertiary/aromatic N) is 4. The normalized spacial score (nSPS) is 24.8. The first-order valence-electron chi connectivity index (χ1n) is 9.67. The highest BCUT2D eigenvalue weighted by molar-refractivity contribution is 5.76. The molecule has 0 unspecified atom stereocenters. The zero-order valence-corrected chi connectivity index (χ0v) is 16.3. The van der Waals surface area contributed by atoms with Gasteiger partial charge in [0.05, 0.1) is 25.5 Å². The maximum atomic E-state index is 12.8. The van der Waals surface area contributed by atoms with Crippen LogP contribution in [0.1, 0.15) is 36.2 Å². The van der Waals surface area contributed by atoms with Gasteiger partial charge < -0.3 is 19.6 Å². The van der Waals surface area contributed by atoms with E-state index < -0.39 is 5.60 Å². The third-order valence-corrected chi connectivity index (χ3v) is 5.68. The number of carbonyl (C=O) groups excluding carboxylic acids is 1. The molecule has 1 aromatic heterocycles. The molecule has 1 aromatic rings. The number of rotatable bonds is 5. The van der Waals surface area contributed by atoms with Crippen molar-refractivity contribution in [2.45, 2.75) is 45.1 Å². The fourth-order valence-electron chi connectivity index (χ4n) is 4.15. The maximum absolute atomic E-state index is 12.8. The molecule has 2 aliphatic rings. The molecule has 0 bridgehead atoms. The minimum Gasteiger partial charge on any atom is -0.384 e. The first-order valence-corrected chi connectivity index (χ1v) is 9.67. The van der Waals surface area contributed by atoms with Crippen molar-refractivity contribution in [1.29, 1.82) is 0 Å². The summed E-state index contributed by atoms with van der Waals surface area (Å²) >= 11 is 0. The second-order valence-corrected chi connectivity index (χ2v) is 7.85. The van der Waals surface area contributed by atoms with Crippen LogP contribution in [0.3, 0.4) is 0 Å². The smallest absolute Gasteiger partial charge is 0.223 e. The average molecular weight is 364 g/mol. The molecule has 2 aliphatic heterocycles. The molecule has 0 aliphatic carbocycles. The molecular weight excluding hydrogens is 332 g/mol. The lowest BCUT2D eigenvalue weighted by Gasteiger charge is -2.34. The van der Waals surface area contributed by atoms with E-state index in [-0.39, 0.29) is 5.91 Å². The summed E-state index contributed by atoms with van der Waals surface area (Å²) < 4.78 is 7.49. The minimum atomic E-state index is -0.976. The van der Waals surface area contributed by atoms with Gasteiger partial charge in [0, 0.05) is 32.3 Å². The van der Waals surface area contributed by atoms with Crippen LogP contribution in [0.25, 0.3) is 0 Å². The summed E-state index contributed by atoms with van der Waals surface area (Å²) in [5, 5.41) is 15.5. The number of likely N-dealkylation sites (tertiary alicyclic amines) is 1. The van der Waals surface area contributed by atoms with Crippen LogP contribution in [0.5, 0.6) is 0 Å². The van der Waals surface area contributed by atoms with E-state index in [1.165, 1.54) is 12.8 Å². The Labute approximate surface area is 155 Å². The van der Waals surface area contributed by atoms with Crippen molar-refractivity contribution in [2.24, 2.45) is 7.05 Å². The van der Waals surface area contributed by atoms with Gasteiger partial charge in [-0.3, -0.25) is 9.48 Å². The minimum absolute atomic E-state index is 0.0815. The molecule has 0 aromatic carbocycles. The zero-order valence-electron chi connectivity index (χ0n) is 16.3. The Morgan fingerprint density at radius 3 is 2.65 bits per heavy atom. The number of ether oxygens (including phenoxy) is 1. The molecule has 0 saturated carbocycles. The van der Waals surface area contributed by atoms with E-state index in [1.54, 1.807) is 4.90 Å². The number of aliphatic hydroxyl groups is 1. The Hall–Kier alpha value is -1.44. The number of hydrogen-bond acceptors (Lipinski definition) is 5. The molecule has 3 heterocycles. The number of hydrogen-bond donors (Lipinski definition) is 1. The zero-order chi connectivity index (χ0) is 18.7. The molecule has 7 nitrogen and oxygen atoms in total. The van der Waals surface area contributed by atoms with Crippen LogP contribution in [-0.4, -0.2) is 82.1 Å². The molecule has 0 radical (unpaired) electrons. The van der Waals surface area contributed by atoms with Crippen molar-refractivity contribution >= 4 is 5.91 Å². The van der Waals surface area contributed by atoms with Crippen molar-refractivity contribution < 1.29 is 14.6 Å². The molecule has 1 atom stereocenters. The third-order valence-electron chi connectivity index (χ3n) is 5.68. The largest absolute Gasteiger partial charge is 0.384 e. The van der Waals surface area contributed by atoms with Crippen molar-refractivity contribution in [2.75, 3.05) is 45.9 Å². The molecule has 2 saturated heterocycles. The highest BCUT2D eigenvalue weighted by Gasteiger charge is 2.36. The van der Waals surface area contributed by atoms with Gasteiger partial charge in [-0.15, -0.1) is 0 Å². The van der Waals surface area contributed by atoms with Crippen LogP contribution in [0.15, 0.2) is 0 Å². The van der Waals surface area contributed by atoms with E-state index in [9.17, 15) is 9.90 Å². The first-order chi connectivity index (χ1) is 12.4. The van der Waals surface area contributed by atoms with Crippen molar-refractivity contribution in [1.82, 2.24) is 19.6 Å². The molecule has 2 fully saturated rings. The molecule has 26 heavy (non-hydrogen) atoms. The SMILES string of the molecule is Cc1nn(C)c(C)c1CCC(=O)N1CCOC[C@@](O)(CN2CCCC2)C1. The Bertz CT molecular complexity index is 639. The van der Waals surface area contributed by atoms with Gasteiger partial charge in [0.2, 0.25) is 5.91 Å². The van der Waals surface area contributed by atoms with Crippen LogP contribution in [-0.2, 0) is 23.0 Å². The van der Waals surface area contributed by atoms with Crippen LogP contribution in [0.2, 0.25) is 0 Å². The highest BCUT2D eigenvalue weighted by Crippen LogP contribution is 2.20. The Balaban J connectivity index is 1.60. The van der Waals surface area contributed by atoms with Crippen molar-refractivity contribution in [3.8, 4) is 0 Å². The molecule has 7 heteroatoms.